The van der Waals surface area contributed by atoms with Gasteiger partial charge in [-0.25, -0.2) is 0 Å². The molecule has 4 nitrogen and oxygen atoms in total. The van der Waals surface area contributed by atoms with Crippen LogP contribution >= 0.6 is 0 Å². The van der Waals surface area contributed by atoms with E-state index in [0.29, 0.717) is 19.8 Å². The number of hydrogen-bond acceptors (Lipinski definition) is 4. The van der Waals surface area contributed by atoms with Crippen molar-refractivity contribution >= 4 is 5.97 Å². The fourth-order valence-electron chi connectivity index (χ4n) is 1.43. The standard InChI is InChI=1S/C12H15NO3/c1-2-15-12(14)11-8-13(11)16-9-10-6-4-3-5-7-10/h3-7,11H,2,8-9H2,1H3. The molecule has 1 aromatic carbocycles. The van der Waals surface area contributed by atoms with Crippen molar-refractivity contribution in [2.75, 3.05) is 13.2 Å². The third-order valence-electron chi connectivity index (χ3n) is 2.37. The summed E-state index contributed by atoms with van der Waals surface area (Å²) >= 11 is 0. The Hall–Kier alpha value is -1.39. The largest absolute Gasteiger partial charge is 0.465 e. The zero-order valence-electron chi connectivity index (χ0n) is 9.26. The average Bonchev–Trinajstić information content (AvgIpc) is 3.08. The lowest BCUT2D eigenvalue weighted by atomic mass is 10.2. The number of nitrogens with zero attached hydrogens (tertiary/aromatic N) is 1. The first-order chi connectivity index (χ1) is 7.81. The van der Waals surface area contributed by atoms with Crippen molar-refractivity contribution < 1.29 is 14.4 Å². The Bertz CT molecular complexity index is 353. The molecule has 0 amide bonds. The quantitative estimate of drug-likeness (QED) is 0.556. The summed E-state index contributed by atoms with van der Waals surface area (Å²) in [6.07, 6.45) is 0. The molecule has 2 unspecified atom stereocenters. The van der Waals surface area contributed by atoms with E-state index in [1.54, 1.807) is 12.0 Å². The zero-order chi connectivity index (χ0) is 11.4. The summed E-state index contributed by atoms with van der Waals surface area (Å²) in [5, 5.41) is 1.64. The maximum Gasteiger partial charge on any atom is 0.327 e. The van der Waals surface area contributed by atoms with E-state index in [0.717, 1.165) is 5.56 Å². The number of rotatable bonds is 5. The van der Waals surface area contributed by atoms with Crippen LogP contribution in [0.15, 0.2) is 30.3 Å². The molecule has 2 rings (SSSR count). The van der Waals surface area contributed by atoms with E-state index < -0.39 is 0 Å². The molecule has 2 atom stereocenters. The van der Waals surface area contributed by atoms with Crippen LogP contribution in [0.2, 0.25) is 0 Å². The Morgan fingerprint density at radius 2 is 2.19 bits per heavy atom. The number of benzene rings is 1. The van der Waals surface area contributed by atoms with Gasteiger partial charge >= 0.3 is 5.97 Å². The third kappa shape index (κ3) is 2.81. The molecule has 1 saturated heterocycles. The molecule has 0 aliphatic carbocycles. The summed E-state index contributed by atoms with van der Waals surface area (Å²) in [4.78, 5) is 16.7. The lowest BCUT2D eigenvalue weighted by Crippen LogP contribution is -2.16. The van der Waals surface area contributed by atoms with Gasteiger partial charge in [0.15, 0.2) is 0 Å². The van der Waals surface area contributed by atoms with Crippen LogP contribution < -0.4 is 0 Å². The highest BCUT2D eigenvalue weighted by atomic mass is 16.7. The molecule has 1 heterocycles. The Morgan fingerprint density at radius 1 is 1.44 bits per heavy atom. The minimum atomic E-state index is -0.205. The van der Waals surface area contributed by atoms with Gasteiger partial charge in [0.25, 0.3) is 0 Å². The highest BCUT2D eigenvalue weighted by Gasteiger charge is 2.43. The SMILES string of the molecule is CCOC(=O)C1CN1OCc1ccccc1. The number of carbonyl (C=O) groups excluding carboxylic acids is 1. The van der Waals surface area contributed by atoms with Crippen LogP contribution in [0, 0.1) is 0 Å². The molecule has 4 heteroatoms. The van der Waals surface area contributed by atoms with Crippen LogP contribution in [0.25, 0.3) is 0 Å². The minimum Gasteiger partial charge on any atom is -0.465 e. The van der Waals surface area contributed by atoms with Gasteiger partial charge in [0.2, 0.25) is 0 Å². The molecule has 0 saturated carbocycles. The Labute approximate surface area is 94.7 Å². The van der Waals surface area contributed by atoms with E-state index in [1.807, 2.05) is 30.3 Å². The average molecular weight is 221 g/mol. The maximum atomic E-state index is 11.3. The molecular formula is C12H15NO3. The molecule has 0 aromatic heterocycles. The second kappa shape index (κ2) is 5.09. The summed E-state index contributed by atoms with van der Waals surface area (Å²) in [5.41, 5.74) is 1.09. The molecule has 86 valence electrons. The van der Waals surface area contributed by atoms with E-state index >= 15 is 0 Å². The third-order valence-corrected chi connectivity index (χ3v) is 2.37. The second-order valence-electron chi connectivity index (χ2n) is 3.63. The first-order valence-corrected chi connectivity index (χ1v) is 5.41. The zero-order valence-corrected chi connectivity index (χ0v) is 9.26. The number of hydroxylamine groups is 2. The minimum absolute atomic E-state index is 0.199. The van der Waals surface area contributed by atoms with Crippen molar-refractivity contribution in [2.24, 2.45) is 0 Å². The Morgan fingerprint density at radius 3 is 2.88 bits per heavy atom. The Kier molecular flexibility index (Phi) is 3.54. The van der Waals surface area contributed by atoms with Gasteiger partial charge < -0.3 is 4.74 Å². The molecule has 0 radical (unpaired) electrons. The van der Waals surface area contributed by atoms with E-state index in [9.17, 15) is 4.79 Å². The van der Waals surface area contributed by atoms with Gasteiger partial charge in [0.05, 0.1) is 19.8 Å². The van der Waals surface area contributed by atoms with Gasteiger partial charge in [-0.15, -0.1) is 0 Å². The molecule has 16 heavy (non-hydrogen) atoms. The topological polar surface area (TPSA) is 38.5 Å². The summed E-state index contributed by atoms with van der Waals surface area (Å²) in [7, 11) is 0. The first-order valence-electron chi connectivity index (χ1n) is 5.41. The molecule has 1 aliphatic heterocycles. The monoisotopic (exact) mass is 221 g/mol. The van der Waals surface area contributed by atoms with Gasteiger partial charge in [-0.1, -0.05) is 30.3 Å². The van der Waals surface area contributed by atoms with Crippen LogP contribution in [-0.2, 0) is 21.0 Å². The van der Waals surface area contributed by atoms with Crippen molar-refractivity contribution in [1.29, 1.82) is 0 Å². The van der Waals surface area contributed by atoms with Gasteiger partial charge in [-0.05, 0) is 12.5 Å². The summed E-state index contributed by atoms with van der Waals surface area (Å²) in [6.45, 7) is 3.35. The van der Waals surface area contributed by atoms with Crippen molar-refractivity contribution in [2.45, 2.75) is 19.6 Å². The smallest absolute Gasteiger partial charge is 0.327 e. The first kappa shape index (κ1) is 11.1. The maximum absolute atomic E-state index is 11.3. The van der Waals surface area contributed by atoms with Crippen molar-refractivity contribution in [3.05, 3.63) is 35.9 Å². The molecule has 0 bridgehead atoms. The van der Waals surface area contributed by atoms with Crippen molar-refractivity contribution in [1.82, 2.24) is 5.06 Å². The summed E-state index contributed by atoms with van der Waals surface area (Å²) in [5.74, 6) is -0.199. The summed E-state index contributed by atoms with van der Waals surface area (Å²) in [6, 6.07) is 9.66. The van der Waals surface area contributed by atoms with Crippen LogP contribution in [0.4, 0.5) is 0 Å². The van der Waals surface area contributed by atoms with E-state index in [1.165, 1.54) is 0 Å². The van der Waals surface area contributed by atoms with Gasteiger partial charge in [-0.3, -0.25) is 9.63 Å². The predicted molar refractivity (Wildman–Crippen MR) is 58.4 cm³/mol. The van der Waals surface area contributed by atoms with E-state index in [2.05, 4.69) is 0 Å². The van der Waals surface area contributed by atoms with Gasteiger partial charge in [0, 0.05) is 0 Å². The number of esters is 1. The lowest BCUT2D eigenvalue weighted by molar-refractivity contribution is -0.151. The fraction of sp³-hybridized carbons (Fsp3) is 0.417. The van der Waals surface area contributed by atoms with E-state index in [4.69, 9.17) is 9.57 Å². The molecule has 1 aromatic rings. The molecule has 0 spiro atoms. The number of ether oxygens (including phenoxy) is 1. The molecule has 0 N–H and O–H groups in total. The fourth-order valence-corrected chi connectivity index (χ4v) is 1.43. The second-order valence-corrected chi connectivity index (χ2v) is 3.63. The van der Waals surface area contributed by atoms with Crippen molar-refractivity contribution in [3.8, 4) is 0 Å². The Balaban J connectivity index is 1.72. The lowest BCUT2D eigenvalue weighted by Gasteiger charge is -2.05. The van der Waals surface area contributed by atoms with Gasteiger partial charge in [-0.2, -0.15) is 5.06 Å². The summed E-state index contributed by atoms with van der Waals surface area (Å²) < 4.78 is 4.89. The van der Waals surface area contributed by atoms with Crippen LogP contribution in [0.1, 0.15) is 12.5 Å². The molecule has 1 fully saturated rings. The highest BCUT2D eigenvalue weighted by molar-refractivity contribution is 5.78. The van der Waals surface area contributed by atoms with Crippen molar-refractivity contribution in [3.63, 3.8) is 0 Å². The highest BCUT2D eigenvalue weighted by Crippen LogP contribution is 2.20. The van der Waals surface area contributed by atoms with Crippen LogP contribution in [0.5, 0.6) is 0 Å². The number of hydrogen-bond donors (Lipinski definition) is 0. The predicted octanol–water partition coefficient (Wildman–Crippen LogP) is 1.37. The van der Waals surface area contributed by atoms with Gasteiger partial charge in [0.1, 0.15) is 6.04 Å². The number of carbonyl (C=O) groups is 1. The van der Waals surface area contributed by atoms with Crippen LogP contribution in [0.3, 0.4) is 0 Å². The normalized spacial score (nSPS) is 22.8. The molecular weight excluding hydrogens is 206 g/mol. The van der Waals surface area contributed by atoms with E-state index in [-0.39, 0.29) is 12.0 Å². The molecule has 1 aliphatic rings. The van der Waals surface area contributed by atoms with Crippen LogP contribution in [-0.4, -0.2) is 30.2 Å².